The van der Waals surface area contributed by atoms with Crippen molar-refractivity contribution in [1.29, 1.82) is 0 Å². The van der Waals surface area contributed by atoms with Crippen molar-refractivity contribution in [3.05, 3.63) is 22.8 Å². The molecule has 0 spiro atoms. The molecule has 19 heavy (non-hydrogen) atoms. The first-order chi connectivity index (χ1) is 9.33. The first kappa shape index (κ1) is 12.8. The second kappa shape index (κ2) is 5.85. The highest BCUT2D eigenvalue weighted by atomic mass is 79.9. The summed E-state index contributed by atoms with van der Waals surface area (Å²) in [7, 11) is 0. The number of morpholine rings is 1. The van der Waals surface area contributed by atoms with E-state index in [1.807, 2.05) is 18.3 Å². The molecule has 0 bridgehead atoms. The van der Waals surface area contributed by atoms with Gasteiger partial charge in [-0.1, -0.05) is 0 Å². The van der Waals surface area contributed by atoms with Crippen LogP contribution in [-0.4, -0.2) is 58.9 Å². The highest BCUT2D eigenvalue weighted by Gasteiger charge is 2.10. The number of aromatic nitrogens is 3. The minimum atomic E-state index is 0.667. The molecule has 0 atom stereocenters. The molecule has 7 heteroatoms. The normalized spacial score (nSPS) is 16.9. The van der Waals surface area contributed by atoms with Crippen LogP contribution in [0.25, 0.3) is 5.65 Å². The van der Waals surface area contributed by atoms with Gasteiger partial charge in [0.2, 0.25) is 5.95 Å². The highest BCUT2D eigenvalue weighted by molar-refractivity contribution is 9.10. The fourth-order valence-electron chi connectivity index (χ4n) is 2.10. The molecule has 3 heterocycles. The molecule has 1 aliphatic heterocycles. The van der Waals surface area contributed by atoms with Gasteiger partial charge in [-0.2, -0.15) is 4.98 Å². The van der Waals surface area contributed by atoms with E-state index in [4.69, 9.17) is 4.74 Å². The number of fused-ring (bicyclic) bond motifs is 1. The maximum atomic E-state index is 5.32. The van der Waals surface area contributed by atoms with Crippen LogP contribution in [0, 0.1) is 0 Å². The Kier molecular flexibility index (Phi) is 3.95. The SMILES string of the molecule is Brc1cccn2nc(NCCN3CCOCC3)nc12. The van der Waals surface area contributed by atoms with Gasteiger partial charge in [0.15, 0.2) is 5.65 Å². The van der Waals surface area contributed by atoms with Gasteiger partial charge in [0.05, 0.1) is 17.7 Å². The first-order valence-corrected chi connectivity index (χ1v) is 7.17. The summed E-state index contributed by atoms with van der Waals surface area (Å²) in [5, 5.41) is 7.64. The van der Waals surface area contributed by atoms with E-state index in [1.54, 1.807) is 4.52 Å². The second-order valence-electron chi connectivity index (χ2n) is 4.44. The van der Waals surface area contributed by atoms with E-state index in [9.17, 15) is 0 Å². The Labute approximate surface area is 119 Å². The number of anilines is 1. The molecule has 2 aromatic heterocycles. The molecule has 1 fully saturated rings. The van der Waals surface area contributed by atoms with Gasteiger partial charge in [-0.05, 0) is 28.1 Å². The number of nitrogens with zero attached hydrogens (tertiary/aromatic N) is 4. The molecule has 3 rings (SSSR count). The van der Waals surface area contributed by atoms with Crippen molar-refractivity contribution in [3.8, 4) is 0 Å². The van der Waals surface area contributed by atoms with Gasteiger partial charge < -0.3 is 10.1 Å². The molecule has 0 saturated carbocycles. The number of halogens is 1. The molecule has 0 radical (unpaired) electrons. The average molecular weight is 326 g/mol. The van der Waals surface area contributed by atoms with Crippen LogP contribution in [0.1, 0.15) is 0 Å². The fourth-order valence-corrected chi connectivity index (χ4v) is 2.52. The number of ether oxygens (including phenoxy) is 1. The van der Waals surface area contributed by atoms with Crippen molar-refractivity contribution in [2.45, 2.75) is 0 Å². The zero-order valence-electron chi connectivity index (χ0n) is 10.5. The maximum absolute atomic E-state index is 5.32. The molecule has 2 aromatic rings. The Hall–Kier alpha value is -1.18. The minimum absolute atomic E-state index is 0.667. The van der Waals surface area contributed by atoms with E-state index in [0.717, 1.165) is 49.5 Å². The zero-order valence-corrected chi connectivity index (χ0v) is 12.1. The molecule has 6 nitrogen and oxygen atoms in total. The zero-order chi connectivity index (χ0) is 13.1. The van der Waals surface area contributed by atoms with Crippen molar-refractivity contribution in [2.24, 2.45) is 0 Å². The third kappa shape index (κ3) is 3.05. The Morgan fingerprint density at radius 3 is 3.00 bits per heavy atom. The number of hydrogen-bond donors (Lipinski definition) is 1. The quantitative estimate of drug-likeness (QED) is 0.916. The molecular formula is C12H16BrN5O. The lowest BCUT2D eigenvalue weighted by molar-refractivity contribution is 0.0398. The van der Waals surface area contributed by atoms with E-state index in [0.29, 0.717) is 5.95 Å². The Morgan fingerprint density at radius 2 is 2.21 bits per heavy atom. The molecule has 0 amide bonds. The lowest BCUT2D eigenvalue weighted by Gasteiger charge is -2.26. The number of hydrogen-bond acceptors (Lipinski definition) is 5. The summed E-state index contributed by atoms with van der Waals surface area (Å²) in [5.41, 5.74) is 0.830. The summed E-state index contributed by atoms with van der Waals surface area (Å²) in [6.45, 7) is 5.51. The molecular weight excluding hydrogens is 310 g/mol. The molecule has 0 aliphatic carbocycles. The summed E-state index contributed by atoms with van der Waals surface area (Å²) >= 11 is 3.47. The summed E-state index contributed by atoms with van der Waals surface area (Å²) < 4.78 is 8.04. The van der Waals surface area contributed by atoms with E-state index < -0.39 is 0 Å². The van der Waals surface area contributed by atoms with Gasteiger partial charge in [-0.25, -0.2) is 4.52 Å². The van der Waals surface area contributed by atoms with Gasteiger partial charge >= 0.3 is 0 Å². The molecule has 0 unspecified atom stereocenters. The van der Waals surface area contributed by atoms with Crippen LogP contribution in [-0.2, 0) is 4.74 Å². The highest BCUT2D eigenvalue weighted by Crippen LogP contribution is 2.16. The van der Waals surface area contributed by atoms with Gasteiger partial charge in [0.25, 0.3) is 0 Å². The van der Waals surface area contributed by atoms with Crippen LogP contribution >= 0.6 is 15.9 Å². The molecule has 1 saturated heterocycles. The summed E-state index contributed by atoms with van der Waals surface area (Å²) in [4.78, 5) is 6.82. The van der Waals surface area contributed by atoms with Gasteiger partial charge in [0.1, 0.15) is 0 Å². The van der Waals surface area contributed by atoms with Gasteiger partial charge in [-0.3, -0.25) is 4.90 Å². The smallest absolute Gasteiger partial charge is 0.243 e. The first-order valence-electron chi connectivity index (χ1n) is 6.38. The molecule has 102 valence electrons. The molecule has 0 aromatic carbocycles. The van der Waals surface area contributed by atoms with Crippen molar-refractivity contribution in [1.82, 2.24) is 19.5 Å². The van der Waals surface area contributed by atoms with Crippen LogP contribution in [0.15, 0.2) is 22.8 Å². The fraction of sp³-hybridized carbons (Fsp3) is 0.500. The third-order valence-corrected chi connectivity index (χ3v) is 3.75. The number of pyridine rings is 1. The van der Waals surface area contributed by atoms with Crippen molar-refractivity contribution in [2.75, 3.05) is 44.7 Å². The van der Waals surface area contributed by atoms with Gasteiger partial charge in [-0.15, -0.1) is 5.10 Å². The van der Waals surface area contributed by atoms with Crippen molar-refractivity contribution < 1.29 is 4.74 Å². The van der Waals surface area contributed by atoms with Crippen molar-refractivity contribution in [3.63, 3.8) is 0 Å². The Bertz CT molecular complexity index is 552. The van der Waals surface area contributed by atoms with Gasteiger partial charge in [0, 0.05) is 32.4 Å². The predicted molar refractivity (Wildman–Crippen MR) is 76.4 cm³/mol. The predicted octanol–water partition coefficient (Wildman–Crippen LogP) is 1.24. The van der Waals surface area contributed by atoms with Crippen LogP contribution in [0.4, 0.5) is 5.95 Å². The summed E-state index contributed by atoms with van der Waals surface area (Å²) in [6, 6.07) is 3.89. The number of nitrogens with one attached hydrogen (secondary N) is 1. The number of rotatable bonds is 4. The van der Waals surface area contributed by atoms with Crippen LogP contribution in [0.5, 0.6) is 0 Å². The maximum Gasteiger partial charge on any atom is 0.243 e. The average Bonchev–Trinajstić information content (AvgIpc) is 2.84. The topological polar surface area (TPSA) is 54.7 Å². The minimum Gasteiger partial charge on any atom is -0.379 e. The van der Waals surface area contributed by atoms with E-state index >= 15 is 0 Å². The van der Waals surface area contributed by atoms with Crippen molar-refractivity contribution >= 4 is 27.5 Å². The lowest BCUT2D eigenvalue weighted by Crippen LogP contribution is -2.39. The van der Waals surface area contributed by atoms with Crippen LogP contribution < -0.4 is 5.32 Å². The third-order valence-electron chi connectivity index (χ3n) is 3.13. The van der Waals surface area contributed by atoms with E-state index in [1.165, 1.54) is 0 Å². The largest absolute Gasteiger partial charge is 0.379 e. The Balaban J connectivity index is 1.57. The van der Waals surface area contributed by atoms with Crippen LogP contribution in [0.2, 0.25) is 0 Å². The van der Waals surface area contributed by atoms with E-state index in [2.05, 4.69) is 36.2 Å². The monoisotopic (exact) mass is 325 g/mol. The standard InChI is InChI=1S/C12H16BrN5O/c13-10-2-1-4-18-11(10)15-12(16-18)14-3-5-17-6-8-19-9-7-17/h1-2,4H,3,5-9H2,(H,14,16). The molecule has 1 aliphatic rings. The summed E-state index contributed by atoms with van der Waals surface area (Å²) in [6.07, 6.45) is 1.89. The Morgan fingerprint density at radius 1 is 1.37 bits per heavy atom. The molecule has 1 N–H and O–H groups in total. The lowest BCUT2D eigenvalue weighted by atomic mass is 10.4. The summed E-state index contributed by atoms with van der Waals surface area (Å²) in [5.74, 6) is 0.667. The van der Waals surface area contributed by atoms with E-state index in [-0.39, 0.29) is 0 Å². The van der Waals surface area contributed by atoms with Crippen LogP contribution in [0.3, 0.4) is 0 Å². The second-order valence-corrected chi connectivity index (χ2v) is 5.29.